The molecule has 1 heterocycles. The molecule has 2 atom stereocenters. The van der Waals surface area contributed by atoms with E-state index in [2.05, 4.69) is 10.6 Å². The summed E-state index contributed by atoms with van der Waals surface area (Å²) < 4.78 is 26.7. The third-order valence-electron chi connectivity index (χ3n) is 4.53. The molecule has 2 amide bonds. The van der Waals surface area contributed by atoms with E-state index in [0.29, 0.717) is 16.9 Å². The van der Waals surface area contributed by atoms with Gasteiger partial charge < -0.3 is 10.6 Å². The van der Waals surface area contributed by atoms with Gasteiger partial charge in [-0.15, -0.1) is 11.3 Å². The van der Waals surface area contributed by atoms with Crippen molar-refractivity contribution in [1.82, 2.24) is 10.6 Å². The Bertz CT molecular complexity index is 937. The smallest absolute Gasteiger partial charge is 0.309 e. The van der Waals surface area contributed by atoms with Crippen molar-refractivity contribution in [3.63, 3.8) is 0 Å². The number of hydrogen-bond donors (Lipinski definition) is 2. The molecule has 0 radical (unpaired) electrons. The maximum atomic E-state index is 13.4. The Labute approximate surface area is 170 Å². The molecule has 0 unspecified atom stereocenters. The Morgan fingerprint density at radius 2 is 1.86 bits per heavy atom. The van der Waals surface area contributed by atoms with Gasteiger partial charge in [0.2, 0.25) is 0 Å². The Kier molecular flexibility index (Phi) is 7.37. The first-order valence-corrected chi connectivity index (χ1v) is 11.5. The van der Waals surface area contributed by atoms with Gasteiger partial charge in [0, 0.05) is 17.5 Å². The van der Waals surface area contributed by atoms with Crippen LogP contribution in [0, 0.1) is 13.8 Å². The van der Waals surface area contributed by atoms with Gasteiger partial charge in [0.1, 0.15) is 5.25 Å². The summed E-state index contributed by atoms with van der Waals surface area (Å²) in [5.74, 6) is -1.60. The minimum Gasteiger partial charge on any atom is -0.346 e. The quantitative estimate of drug-likeness (QED) is 0.671. The van der Waals surface area contributed by atoms with Crippen molar-refractivity contribution in [2.75, 3.05) is 6.54 Å². The molecule has 6 nitrogen and oxygen atoms in total. The molecule has 0 aliphatic carbocycles. The van der Waals surface area contributed by atoms with Crippen LogP contribution in [0.3, 0.4) is 0 Å². The number of benzene rings is 1. The largest absolute Gasteiger partial charge is 0.346 e. The zero-order chi connectivity index (χ0) is 20.9. The number of hydrogen-bond acceptors (Lipinski definition) is 5. The first-order valence-electron chi connectivity index (χ1n) is 9.10. The lowest BCUT2D eigenvalue weighted by Gasteiger charge is -2.19. The highest BCUT2D eigenvalue weighted by molar-refractivity contribution is 7.92. The standard InChI is InChI=1S/C20H26N2O4S2/c1-5-15(4)22-20(24)19(23)21-12-18(16-7-6-10-27-16)28(25,26)17-11-13(2)8-9-14(17)3/h6-11,15,18H,5,12H2,1-4H3,(H,21,23)(H,22,24)/t15-,18+/m0/s1. The molecule has 152 valence electrons. The van der Waals surface area contributed by atoms with Crippen molar-refractivity contribution < 1.29 is 18.0 Å². The zero-order valence-electron chi connectivity index (χ0n) is 16.5. The fraction of sp³-hybridized carbons (Fsp3) is 0.400. The minimum atomic E-state index is -3.76. The number of carbonyl (C=O) groups is 2. The molecule has 0 spiro atoms. The van der Waals surface area contributed by atoms with Crippen molar-refractivity contribution in [2.24, 2.45) is 0 Å². The summed E-state index contributed by atoms with van der Waals surface area (Å²) in [4.78, 5) is 25.0. The molecule has 2 aromatic rings. The van der Waals surface area contributed by atoms with Crippen molar-refractivity contribution in [3.8, 4) is 0 Å². The highest BCUT2D eigenvalue weighted by Gasteiger charge is 2.32. The Morgan fingerprint density at radius 1 is 1.14 bits per heavy atom. The second-order valence-electron chi connectivity index (χ2n) is 6.81. The fourth-order valence-corrected chi connectivity index (χ4v) is 5.78. The Hall–Kier alpha value is -2.19. The van der Waals surface area contributed by atoms with Gasteiger partial charge in [0.05, 0.1) is 4.90 Å². The number of carbonyl (C=O) groups excluding carboxylic acids is 2. The van der Waals surface area contributed by atoms with Gasteiger partial charge in [-0.05, 0) is 55.8 Å². The molecule has 28 heavy (non-hydrogen) atoms. The summed E-state index contributed by atoms with van der Waals surface area (Å²) in [5, 5.41) is 5.89. The van der Waals surface area contributed by atoms with Crippen molar-refractivity contribution in [1.29, 1.82) is 0 Å². The molecule has 0 aliphatic heterocycles. The van der Waals surface area contributed by atoms with E-state index in [1.54, 1.807) is 43.5 Å². The highest BCUT2D eigenvalue weighted by atomic mass is 32.2. The molecular formula is C20H26N2O4S2. The van der Waals surface area contributed by atoms with Crippen LogP contribution in [0.1, 0.15) is 41.5 Å². The van der Waals surface area contributed by atoms with E-state index in [9.17, 15) is 18.0 Å². The predicted molar refractivity (Wildman–Crippen MR) is 111 cm³/mol. The van der Waals surface area contributed by atoms with E-state index < -0.39 is 26.9 Å². The van der Waals surface area contributed by atoms with Crippen LogP contribution in [-0.4, -0.2) is 32.8 Å². The van der Waals surface area contributed by atoms with Gasteiger partial charge in [0.15, 0.2) is 9.84 Å². The van der Waals surface area contributed by atoms with Gasteiger partial charge in [-0.3, -0.25) is 9.59 Å². The van der Waals surface area contributed by atoms with E-state index in [0.717, 1.165) is 5.56 Å². The normalized spacial score (nSPS) is 13.6. The lowest BCUT2D eigenvalue weighted by Crippen LogP contribution is -2.45. The summed E-state index contributed by atoms with van der Waals surface area (Å²) in [6.45, 7) is 7.09. The molecule has 1 aromatic heterocycles. The summed E-state index contributed by atoms with van der Waals surface area (Å²) >= 11 is 1.31. The summed E-state index contributed by atoms with van der Waals surface area (Å²) in [7, 11) is -3.76. The summed E-state index contributed by atoms with van der Waals surface area (Å²) in [5.41, 5.74) is 1.49. The van der Waals surface area contributed by atoms with E-state index in [1.807, 2.05) is 19.9 Å². The third kappa shape index (κ3) is 5.20. The van der Waals surface area contributed by atoms with E-state index >= 15 is 0 Å². The second-order valence-corrected chi connectivity index (χ2v) is 9.89. The molecule has 2 N–H and O–H groups in total. The van der Waals surface area contributed by atoms with Crippen LogP contribution in [0.25, 0.3) is 0 Å². The monoisotopic (exact) mass is 422 g/mol. The Morgan fingerprint density at radius 3 is 2.46 bits per heavy atom. The maximum Gasteiger partial charge on any atom is 0.309 e. The maximum absolute atomic E-state index is 13.4. The Balaban J connectivity index is 2.28. The van der Waals surface area contributed by atoms with E-state index in [-0.39, 0.29) is 17.5 Å². The number of nitrogens with one attached hydrogen (secondary N) is 2. The zero-order valence-corrected chi connectivity index (χ0v) is 18.1. The van der Waals surface area contributed by atoms with Gasteiger partial charge in [-0.1, -0.05) is 25.1 Å². The molecule has 1 aromatic carbocycles. The number of aryl methyl sites for hydroxylation is 2. The van der Waals surface area contributed by atoms with Gasteiger partial charge in [-0.2, -0.15) is 0 Å². The van der Waals surface area contributed by atoms with Gasteiger partial charge >= 0.3 is 11.8 Å². The predicted octanol–water partition coefficient (Wildman–Crippen LogP) is 2.91. The van der Waals surface area contributed by atoms with E-state index in [4.69, 9.17) is 0 Å². The molecular weight excluding hydrogens is 396 g/mol. The van der Waals surface area contributed by atoms with Crippen molar-refractivity contribution in [2.45, 2.75) is 50.3 Å². The fourth-order valence-electron chi connectivity index (χ4n) is 2.66. The molecule has 0 bridgehead atoms. The average molecular weight is 423 g/mol. The molecule has 8 heteroatoms. The van der Waals surface area contributed by atoms with Crippen molar-refractivity contribution in [3.05, 3.63) is 51.7 Å². The molecule has 0 saturated heterocycles. The topological polar surface area (TPSA) is 92.3 Å². The molecule has 2 rings (SSSR count). The SMILES string of the molecule is CC[C@H](C)NC(=O)C(=O)NC[C@H](c1cccs1)S(=O)(=O)c1cc(C)ccc1C. The summed E-state index contributed by atoms with van der Waals surface area (Å²) in [6.07, 6.45) is 0.692. The average Bonchev–Trinajstić information content (AvgIpc) is 3.17. The molecule has 0 saturated carbocycles. The van der Waals surface area contributed by atoms with Gasteiger partial charge in [0.25, 0.3) is 0 Å². The number of sulfone groups is 1. The van der Waals surface area contributed by atoms with Crippen LogP contribution in [0.5, 0.6) is 0 Å². The highest BCUT2D eigenvalue weighted by Crippen LogP contribution is 2.33. The number of amides is 2. The van der Waals surface area contributed by atoms with Crippen LogP contribution in [0.4, 0.5) is 0 Å². The van der Waals surface area contributed by atoms with Crippen LogP contribution < -0.4 is 10.6 Å². The lowest BCUT2D eigenvalue weighted by molar-refractivity contribution is -0.139. The number of thiophene rings is 1. The lowest BCUT2D eigenvalue weighted by atomic mass is 10.2. The van der Waals surface area contributed by atoms with Gasteiger partial charge in [-0.25, -0.2) is 8.42 Å². The van der Waals surface area contributed by atoms with Crippen LogP contribution >= 0.6 is 11.3 Å². The molecule has 0 aliphatic rings. The second kappa shape index (κ2) is 9.34. The number of rotatable bonds is 7. The summed E-state index contributed by atoms with van der Waals surface area (Å²) in [6, 6.07) is 8.63. The first kappa shape index (κ1) is 22.1. The van der Waals surface area contributed by atoms with Crippen LogP contribution in [0.15, 0.2) is 40.6 Å². The first-order chi connectivity index (χ1) is 13.2. The minimum absolute atomic E-state index is 0.134. The molecule has 0 fully saturated rings. The van der Waals surface area contributed by atoms with Crippen LogP contribution in [-0.2, 0) is 19.4 Å². The van der Waals surface area contributed by atoms with E-state index in [1.165, 1.54) is 11.3 Å². The van der Waals surface area contributed by atoms with Crippen molar-refractivity contribution >= 4 is 33.0 Å². The third-order valence-corrected chi connectivity index (χ3v) is 7.89. The van der Waals surface area contributed by atoms with Crippen LogP contribution in [0.2, 0.25) is 0 Å².